The van der Waals surface area contributed by atoms with Gasteiger partial charge in [0.2, 0.25) is 21.8 Å². The average Bonchev–Trinajstić information content (AvgIpc) is 3.13. The average molecular weight is 410 g/mol. The molecule has 2 aliphatic rings. The summed E-state index contributed by atoms with van der Waals surface area (Å²) < 4.78 is 22.1. The predicted molar refractivity (Wildman–Crippen MR) is 104 cm³/mol. The second-order valence-electron chi connectivity index (χ2n) is 7.80. The Morgan fingerprint density at radius 2 is 2.00 bits per heavy atom. The number of nitrogens with two attached hydrogens (primary N) is 1. The molecule has 0 radical (unpaired) electrons. The SMILES string of the molecule is CC(=O)NC[C@@H]1[C@@H](c2ccccc2)[C@]12CN(C(=O)CCCS(N)(=O)=O)C[C@@H]2O. The normalized spacial score (nSPS) is 29.1. The second-order valence-corrected chi connectivity index (χ2v) is 9.54. The fourth-order valence-electron chi connectivity index (χ4n) is 4.63. The van der Waals surface area contributed by atoms with Crippen molar-refractivity contribution in [2.24, 2.45) is 16.5 Å². The molecule has 1 saturated carbocycles. The summed E-state index contributed by atoms with van der Waals surface area (Å²) in [6.45, 7) is 2.51. The van der Waals surface area contributed by atoms with E-state index in [4.69, 9.17) is 5.14 Å². The number of hydrogen-bond acceptors (Lipinski definition) is 5. The number of amides is 2. The number of nitrogens with one attached hydrogen (secondary N) is 1. The van der Waals surface area contributed by atoms with Crippen LogP contribution in [0.3, 0.4) is 0 Å². The highest BCUT2D eigenvalue weighted by Crippen LogP contribution is 2.68. The Hall–Kier alpha value is -1.97. The van der Waals surface area contributed by atoms with Crippen molar-refractivity contribution in [1.29, 1.82) is 0 Å². The molecule has 2 amide bonds. The minimum atomic E-state index is -3.59. The van der Waals surface area contributed by atoms with E-state index >= 15 is 0 Å². The molecule has 0 unspecified atom stereocenters. The van der Waals surface area contributed by atoms with Gasteiger partial charge in [-0.3, -0.25) is 9.59 Å². The van der Waals surface area contributed by atoms with Crippen molar-refractivity contribution in [1.82, 2.24) is 10.2 Å². The van der Waals surface area contributed by atoms with Gasteiger partial charge in [-0.05, 0) is 23.8 Å². The summed E-state index contributed by atoms with van der Waals surface area (Å²) in [6.07, 6.45) is -0.459. The number of carbonyl (C=O) groups is 2. The molecule has 1 spiro atoms. The molecule has 28 heavy (non-hydrogen) atoms. The van der Waals surface area contributed by atoms with Crippen molar-refractivity contribution in [2.45, 2.75) is 31.8 Å². The topological polar surface area (TPSA) is 130 Å². The van der Waals surface area contributed by atoms with Crippen LogP contribution in [0.15, 0.2) is 30.3 Å². The number of carbonyl (C=O) groups excluding carboxylic acids is 2. The zero-order chi connectivity index (χ0) is 20.5. The highest BCUT2D eigenvalue weighted by atomic mass is 32.2. The molecule has 8 nitrogen and oxygen atoms in total. The summed E-state index contributed by atoms with van der Waals surface area (Å²) in [6, 6.07) is 9.81. The molecule has 1 aliphatic heterocycles. The number of sulfonamides is 1. The predicted octanol–water partition coefficient (Wildman–Crippen LogP) is -0.206. The first-order chi connectivity index (χ1) is 13.1. The van der Waals surface area contributed by atoms with Crippen LogP contribution in [0.1, 0.15) is 31.2 Å². The Bertz CT molecular complexity index is 844. The molecule has 4 N–H and O–H groups in total. The third kappa shape index (κ3) is 4.21. The monoisotopic (exact) mass is 409 g/mol. The third-order valence-electron chi connectivity index (χ3n) is 5.94. The molecule has 0 bridgehead atoms. The van der Waals surface area contributed by atoms with E-state index in [0.717, 1.165) is 5.56 Å². The first-order valence-corrected chi connectivity index (χ1v) is 11.1. The van der Waals surface area contributed by atoms with Crippen molar-refractivity contribution in [3.8, 4) is 0 Å². The van der Waals surface area contributed by atoms with Crippen LogP contribution in [-0.2, 0) is 19.6 Å². The molecule has 0 aromatic heterocycles. The molecule has 1 aromatic carbocycles. The minimum absolute atomic E-state index is 0.0380. The lowest BCUT2D eigenvalue weighted by atomic mass is 9.95. The molecular weight excluding hydrogens is 382 g/mol. The van der Waals surface area contributed by atoms with E-state index in [1.807, 2.05) is 30.3 Å². The number of primary sulfonamides is 1. The standard InChI is InChI=1S/C19H27N3O5S/c1-13(23)21-10-15-18(14-6-3-2-4-7-14)19(15)12-22(11-16(19)24)17(25)8-5-9-28(20,26)27/h2-4,6-7,15-16,18,24H,5,8-12H2,1H3,(H,21,23)(H2,20,26,27)/t15-,16+,18-,19-/m1/s1. The van der Waals surface area contributed by atoms with E-state index < -0.39 is 21.5 Å². The zero-order valence-electron chi connectivity index (χ0n) is 15.9. The van der Waals surface area contributed by atoms with Crippen molar-refractivity contribution >= 4 is 21.8 Å². The number of rotatable bonds is 7. The van der Waals surface area contributed by atoms with E-state index in [1.165, 1.54) is 6.92 Å². The number of β-amino-alcohol motifs (C(OH)–C–C–N with tert-alkyl or cyclic N) is 1. The third-order valence-corrected chi connectivity index (χ3v) is 6.80. The van der Waals surface area contributed by atoms with E-state index in [1.54, 1.807) is 4.90 Å². The Labute approximate surface area is 165 Å². The quantitative estimate of drug-likeness (QED) is 0.574. The maximum atomic E-state index is 12.5. The Morgan fingerprint density at radius 1 is 1.32 bits per heavy atom. The van der Waals surface area contributed by atoms with Gasteiger partial charge in [0, 0.05) is 38.4 Å². The summed E-state index contributed by atoms with van der Waals surface area (Å²) in [5.74, 6) is -0.458. The largest absolute Gasteiger partial charge is 0.391 e. The highest BCUT2D eigenvalue weighted by molar-refractivity contribution is 7.89. The van der Waals surface area contributed by atoms with Gasteiger partial charge in [-0.1, -0.05) is 30.3 Å². The fraction of sp³-hybridized carbons (Fsp3) is 0.579. The lowest BCUT2D eigenvalue weighted by Crippen LogP contribution is -2.30. The van der Waals surface area contributed by atoms with Crippen LogP contribution < -0.4 is 10.5 Å². The molecule has 1 saturated heterocycles. The van der Waals surface area contributed by atoms with Crippen molar-refractivity contribution in [2.75, 3.05) is 25.4 Å². The lowest BCUT2D eigenvalue weighted by Gasteiger charge is -2.17. The number of hydrogen-bond donors (Lipinski definition) is 3. The van der Waals surface area contributed by atoms with Crippen LogP contribution in [0.4, 0.5) is 0 Å². The van der Waals surface area contributed by atoms with Gasteiger partial charge in [-0.2, -0.15) is 0 Å². The maximum absolute atomic E-state index is 12.5. The molecule has 4 atom stereocenters. The van der Waals surface area contributed by atoms with E-state index in [9.17, 15) is 23.1 Å². The fourth-order valence-corrected chi connectivity index (χ4v) is 5.17. The first-order valence-electron chi connectivity index (χ1n) is 9.41. The molecule has 9 heteroatoms. The number of aliphatic hydroxyl groups is 1. The van der Waals surface area contributed by atoms with Gasteiger partial charge >= 0.3 is 0 Å². The highest BCUT2D eigenvalue weighted by Gasteiger charge is 2.71. The summed E-state index contributed by atoms with van der Waals surface area (Å²) in [5, 5.41) is 18.7. The molecule has 154 valence electrons. The summed E-state index contributed by atoms with van der Waals surface area (Å²) in [7, 11) is -3.59. The van der Waals surface area contributed by atoms with Crippen molar-refractivity contribution in [3.05, 3.63) is 35.9 Å². The molecule has 1 heterocycles. The molecule has 3 rings (SSSR count). The second kappa shape index (κ2) is 7.81. The van der Waals surface area contributed by atoms with Crippen molar-refractivity contribution < 1.29 is 23.1 Å². The minimum Gasteiger partial charge on any atom is -0.391 e. The van der Waals surface area contributed by atoms with E-state index in [-0.39, 0.29) is 48.8 Å². The Morgan fingerprint density at radius 3 is 2.61 bits per heavy atom. The van der Waals surface area contributed by atoms with E-state index in [2.05, 4.69) is 5.32 Å². The van der Waals surface area contributed by atoms with Gasteiger partial charge in [0.15, 0.2) is 0 Å². The lowest BCUT2D eigenvalue weighted by molar-refractivity contribution is -0.130. The van der Waals surface area contributed by atoms with Crippen LogP contribution >= 0.6 is 0 Å². The van der Waals surface area contributed by atoms with Crippen LogP contribution in [0.25, 0.3) is 0 Å². The van der Waals surface area contributed by atoms with Crippen LogP contribution in [0, 0.1) is 11.3 Å². The van der Waals surface area contributed by atoms with Gasteiger partial charge in [-0.15, -0.1) is 0 Å². The van der Waals surface area contributed by atoms with Gasteiger partial charge < -0.3 is 15.3 Å². The van der Waals surface area contributed by atoms with E-state index in [0.29, 0.717) is 13.1 Å². The van der Waals surface area contributed by atoms with Crippen LogP contribution in [0.5, 0.6) is 0 Å². The first kappa shape index (κ1) is 20.8. The van der Waals surface area contributed by atoms with Gasteiger partial charge in [0.05, 0.1) is 11.9 Å². The van der Waals surface area contributed by atoms with Gasteiger partial charge in [0.25, 0.3) is 0 Å². The molecule has 1 aliphatic carbocycles. The number of aliphatic hydroxyl groups excluding tert-OH is 1. The maximum Gasteiger partial charge on any atom is 0.222 e. The number of likely N-dealkylation sites (tertiary alicyclic amines) is 1. The summed E-state index contributed by atoms with van der Waals surface area (Å²) in [4.78, 5) is 25.5. The summed E-state index contributed by atoms with van der Waals surface area (Å²) >= 11 is 0. The number of benzene rings is 1. The smallest absolute Gasteiger partial charge is 0.222 e. The van der Waals surface area contributed by atoms with Gasteiger partial charge in [0.1, 0.15) is 0 Å². The Kier molecular flexibility index (Phi) is 5.79. The van der Waals surface area contributed by atoms with Crippen LogP contribution in [0.2, 0.25) is 0 Å². The van der Waals surface area contributed by atoms with Gasteiger partial charge in [-0.25, -0.2) is 13.6 Å². The molecule has 2 fully saturated rings. The Balaban J connectivity index is 1.72. The zero-order valence-corrected chi connectivity index (χ0v) is 16.7. The summed E-state index contributed by atoms with van der Waals surface area (Å²) in [5.41, 5.74) is 0.597. The number of nitrogens with zero attached hydrogens (tertiary/aromatic N) is 1. The molecular formula is C19H27N3O5S. The van der Waals surface area contributed by atoms with Crippen molar-refractivity contribution in [3.63, 3.8) is 0 Å². The van der Waals surface area contributed by atoms with Crippen LogP contribution in [-0.4, -0.2) is 61.7 Å². The molecule has 1 aromatic rings.